The minimum atomic E-state index is -0.0400. The third-order valence-electron chi connectivity index (χ3n) is 3.61. The Balaban J connectivity index is 1.87. The number of pyridine rings is 1. The van der Waals surface area contributed by atoms with Crippen LogP contribution in [0.4, 0.5) is 5.69 Å². The van der Waals surface area contributed by atoms with E-state index in [4.69, 9.17) is 0 Å². The maximum Gasteiger partial charge on any atom is 0.238 e. The third-order valence-corrected chi connectivity index (χ3v) is 3.61. The summed E-state index contributed by atoms with van der Waals surface area (Å²) in [5.41, 5.74) is 3.18. The normalized spacial score (nSPS) is 12.2. The lowest BCUT2D eigenvalue weighted by Crippen LogP contribution is -2.30. The highest BCUT2D eigenvalue weighted by Gasteiger charge is 2.08. The molecule has 4 heteroatoms. The standard InChI is InChI=1S/C18H23N3O/c1-13(2)16-5-4-6-17(11-16)21-18(22)12-20-14(3)15-7-9-19-10-8-15/h4-11,13-14,20H,12H2,1-3H3,(H,21,22)/t14-/m1/s1. The number of hydrogen-bond acceptors (Lipinski definition) is 3. The van der Waals surface area contributed by atoms with Crippen LogP contribution in [0.15, 0.2) is 48.8 Å². The van der Waals surface area contributed by atoms with Crippen molar-refractivity contribution in [3.8, 4) is 0 Å². The molecule has 0 aliphatic rings. The second kappa shape index (κ2) is 7.71. The Bertz CT molecular complexity index is 611. The number of carbonyl (C=O) groups excluding carboxylic acids is 1. The molecule has 4 nitrogen and oxygen atoms in total. The van der Waals surface area contributed by atoms with Crippen molar-refractivity contribution in [2.75, 3.05) is 11.9 Å². The van der Waals surface area contributed by atoms with Crippen LogP contribution < -0.4 is 10.6 Å². The fourth-order valence-electron chi connectivity index (χ4n) is 2.20. The molecule has 2 aromatic rings. The molecule has 2 N–H and O–H groups in total. The maximum atomic E-state index is 12.0. The molecule has 116 valence electrons. The van der Waals surface area contributed by atoms with Crippen molar-refractivity contribution in [2.45, 2.75) is 32.7 Å². The number of benzene rings is 1. The lowest BCUT2D eigenvalue weighted by Gasteiger charge is -2.14. The molecular weight excluding hydrogens is 274 g/mol. The van der Waals surface area contributed by atoms with Gasteiger partial charge in [0.25, 0.3) is 0 Å². The summed E-state index contributed by atoms with van der Waals surface area (Å²) >= 11 is 0. The van der Waals surface area contributed by atoms with Gasteiger partial charge in [0.05, 0.1) is 6.54 Å². The molecule has 0 aliphatic heterocycles. The number of nitrogens with zero attached hydrogens (tertiary/aromatic N) is 1. The van der Waals surface area contributed by atoms with Crippen molar-refractivity contribution in [1.82, 2.24) is 10.3 Å². The lowest BCUT2D eigenvalue weighted by atomic mass is 10.0. The number of carbonyl (C=O) groups is 1. The molecular formula is C18H23N3O. The van der Waals surface area contributed by atoms with E-state index in [9.17, 15) is 4.79 Å². The van der Waals surface area contributed by atoms with E-state index < -0.39 is 0 Å². The average Bonchev–Trinajstić information content (AvgIpc) is 2.53. The molecule has 1 atom stereocenters. The number of rotatable bonds is 6. The molecule has 1 aromatic carbocycles. The molecule has 0 fully saturated rings. The molecule has 1 aromatic heterocycles. The van der Waals surface area contributed by atoms with Crippen LogP contribution in [0.3, 0.4) is 0 Å². The molecule has 0 aliphatic carbocycles. The number of aromatic nitrogens is 1. The molecule has 0 unspecified atom stereocenters. The third kappa shape index (κ3) is 4.67. The number of amides is 1. The van der Waals surface area contributed by atoms with Gasteiger partial charge in [-0.3, -0.25) is 9.78 Å². The Morgan fingerprint density at radius 2 is 1.82 bits per heavy atom. The van der Waals surface area contributed by atoms with Crippen LogP contribution in [0.5, 0.6) is 0 Å². The minimum Gasteiger partial charge on any atom is -0.325 e. The monoisotopic (exact) mass is 297 g/mol. The van der Waals surface area contributed by atoms with Crippen LogP contribution in [0, 0.1) is 0 Å². The molecule has 0 saturated carbocycles. The van der Waals surface area contributed by atoms with E-state index in [2.05, 4.69) is 35.5 Å². The highest BCUT2D eigenvalue weighted by Crippen LogP contribution is 2.18. The van der Waals surface area contributed by atoms with Crippen LogP contribution in [0.25, 0.3) is 0 Å². The second-order valence-corrected chi connectivity index (χ2v) is 5.71. The minimum absolute atomic E-state index is 0.0400. The first-order valence-electron chi connectivity index (χ1n) is 7.59. The van der Waals surface area contributed by atoms with E-state index in [0.29, 0.717) is 5.92 Å². The number of nitrogens with one attached hydrogen (secondary N) is 2. The van der Waals surface area contributed by atoms with Crippen LogP contribution >= 0.6 is 0 Å². The van der Waals surface area contributed by atoms with E-state index in [1.807, 2.05) is 37.3 Å². The Kier molecular flexibility index (Phi) is 5.67. The number of anilines is 1. The first kappa shape index (κ1) is 16.2. The predicted molar refractivity (Wildman–Crippen MR) is 89.8 cm³/mol. The van der Waals surface area contributed by atoms with E-state index >= 15 is 0 Å². The van der Waals surface area contributed by atoms with Gasteiger partial charge in [0.1, 0.15) is 0 Å². The fourth-order valence-corrected chi connectivity index (χ4v) is 2.20. The van der Waals surface area contributed by atoms with Gasteiger partial charge in [0.15, 0.2) is 0 Å². The summed E-state index contributed by atoms with van der Waals surface area (Å²) in [4.78, 5) is 16.0. The summed E-state index contributed by atoms with van der Waals surface area (Å²) in [6.45, 7) is 6.58. The van der Waals surface area contributed by atoms with E-state index in [1.54, 1.807) is 12.4 Å². The van der Waals surface area contributed by atoms with Crippen molar-refractivity contribution in [3.63, 3.8) is 0 Å². The van der Waals surface area contributed by atoms with E-state index in [0.717, 1.165) is 11.3 Å². The van der Waals surface area contributed by atoms with Gasteiger partial charge in [-0.05, 0) is 48.2 Å². The van der Waals surface area contributed by atoms with Crippen molar-refractivity contribution in [3.05, 3.63) is 59.9 Å². The van der Waals surface area contributed by atoms with E-state index in [1.165, 1.54) is 5.56 Å². The van der Waals surface area contributed by atoms with Gasteiger partial charge in [0.2, 0.25) is 5.91 Å². The smallest absolute Gasteiger partial charge is 0.238 e. The molecule has 22 heavy (non-hydrogen) atoms. The average molecular weight is 297 g/mol. The van der Waals surface area contributed by atoms with Crippen molar-refractivity contribution < 1.29 is 4.79 Å². The van der Waals surface area contributed by atoms with Gasteiger partial charge < -0.3 is 10.6 Å². The van der Waals surface area contributed by atoms with Crippen molar-refractivity contribution in [2.24, 2.45) is 0 Å². The molecule has 0 bridgehead atoms. The Labute approximate surface area is 132 Å². The van der Waals surface area contributed by atoms with E-state index in [-0.39, 0.29) is 18.5 Å². The van der Waals surface area contributed by atoms with Gasteiger partial charge in [0, 0.05) is 24.1 Å². The summed E-state index contributed by atoms with van der Waals surface area (Å²) in [5, 5.41) is 6.15. The zero-order chi connectivity index (χ0) is 15.9. The van der Waals surface area contributed by atoms with Crippen LogP contribution in [-0.2, 0) is 4.79 Å². The fraction of sp³-hybridized carbons (Fsp3) is 0.333. The van der Waals surface area contributed by atoms with Crippen molar-refractivity contribution in [1.29, 1.82) is 0 Å². The molecule has 0 spiro atoms. The summed E-state index contributed by atoms with van der Waals surface area (Å²) in [6.07, 6.45) is 3.51. The molecule has 0 radical (unpaired) electrons. The second-order valence-electron chi connectivity index (χ2n) is 5.71. The van der Waals surface area contributed by atoms with Gasteiger partial charge in [-0.1, -0.05) is 26.0 Å². The topological polar surface area (TPSA) is 54.0 Å². The zero-order valence-corrected chi connectivity index (χ0v) is 13.3. The van der Waals surface area contributed by atoms with Gasteiger partial charge in [-0.15, -0.1) is 0 Å². The van der Waals surface area contributed by atoms with Crippen LogP contribution in [-0.4, -0.2) is 17.4 Å². The van der Waals surface area contributed by atoms with Crippen LogP contribution in [0.1, 0.15) is 43.9 Å². The predicted octanol–water partition coefficient (Wildman–Crippen LogP) is 3.49. The lowest BCUT2D eigenvalue weighted by molar-refractivity contribution is -0.115. The molecule has 2 rings (SSSR count). The van der Waals surface area contributed by atoms with Gasteiger partial charge >= 0.3 is 0 Å². The Morgan fingerprint density at radius 3 is 2.50 bits per heavy atom. The summed E-state index contributed by atoms with van der Waals surface area (Å²) < 4.78 is 0. The van der Waals surface area contributed by atoms with Gasteiger partial charge in [-0.25, -0.2) is 0 Å². The number of hydrogen-bond donors (Lipinski definition) is 2. The zero-order valence-electron chi connectivity index (χ0n) is 13.3. The molecule has 0 saturated heterocycles. The SMILES string of the molecule is CC(C)c1cccc(NC(=O)CN[C@H](C)c2ccncc2)c1. The Morgan fingerprint density at radius 1 is 1.09 bits per heavy atom. The highest BCUT2D eigenvalue weighted by molar-refractivity contribution is 5.92. The first-order valence-corrected chi connectivity index (χ1v) is 7.59. The largest absolute Gasteiger partial charge is 0.325 e. The highest BCUT2D eigenvalue weighted by atomic mass is 16.1. The first-order chi connectivity index (χ1) is 10.6. The van der Waals surface area contributed by atoms with Gasteiger partial charge in [-0.2, -0.15) is 0 Å². The maximum absolute atomic E-state index is 12.0. The Hall–Kier alpha value is -2.20. The summed E-state index contributed by atoms with van der Waals surface area (Å²) in [6, 6.07) is 12.0. The summed E-state index contributed by atoms with van der Waals surface area (Å²) in [7, 11) is 0. The van der Waals surface area contributed by atoms with Crippen LogP contribution in [0.2, 0.25) is 0 Å². The quantitative estimate of drug-likeness (QED) is 0.858. The molecule has 1 amide bonds. The summed E-state index contributed by atoms with van der Waals surface area (Å²) in [5.74, 6) is 0.406. The molecule has 1 heterocycles. The van der Waals surface area contributed by atoms with Crippen molar-refractivity contribution >= 4 is 11.6 Å².